The Bertz CT molecular complexity index is 753. The van der Waals surface area contributed by atoms with Gasteiger partial charge in [-0.05, 0) is 69.5 Å². The van der Waals surface area contributed by atoms with Gasteiger partial charge < -0.3 is 15.5 Å². The highest BCUT2D eigenvalue weighted by Crippen LogP contribution is 2.25. The maximum atomic E-state index is 11.7. The number of nitrogens with one attached hydrogen (secondary N) is 3. The van der Waals surface area contributed by atoms with Gasteiger partial charge in [0.05, 0.1) is 0 Å². The van der Waals surface area contributed by atoms with Gasteiger partial charge in [-0.15, -0.1) is 10.2 Å². The molecule has 1 aromatic heterocycles. The fourth-order valence-corrected chi connectivity index (χ4v) is 2.74. The molecule has 0 atom stereocenters. The molecule has 1 fully saturated rings. The number of amides is 2. The maximum Gasteiger partial charge on any atom is 0.320 e. The lowest BCUT2D eigenvalue weighted by Crippen LogP contribution is -2.30. The summed E-state index contributed by atoms with van der Waals surface area (Å²) < 4.78 is 0. The number of nitrogens with zero attached hydrogens (tertiary/aromatic N) is 3. The Morgan fingerprint density at radius 3 is 2.38 bits per heavy atom. The van der Waals surface area contributed by atoms with Crippen LogP contribution in [0.25, 0.3) is 0 Å². The molecule has 2 aromatic rings. The van der Waals surface area contributed by atoms with Crippen molar-refractivity contribution in [2.75, 3.05) is 28.6 Å². The lowest BCUT2D eigenvalue weighted by atomic mass is 10.1. The summed E-state index contributed by atoms with van der Waals surface area (Å²) in [5, 5.41) is 17.0. The molecule has 3 rings (SSSR count). The lowest BCUT2D eigenvalue weighted by molar-refractivity contribution is 0.251. The monoisotopic (exact) mass is 354 g/mol. The third kappa shape index (κ3) is 4.62. The Hall–Kier alpha value is -2.83. The molecule has 0 unspecified atom stereocenters. The predicted octanol–water partition coefficient (Wildman–Crippen LogP) is 3.66. The van der Waals surface area contributed by atoms with Crippen LogP contribution in [0.15, 0.2) is 30.3 Å². The fourth-order valence-electron chi connectivity index (χ4n) is 2.74. The molecule has 1 aliphatic rings. The molecule has 0 radical (unpaired) electrons. The normalized spacial score (nSPS) is 13.2. The van der Waals surface area contributed by atoms with Gasteiger partial charge in [-0.3, -0.25) is 5.32 Å². The first kappa shape index (κ1) is 18.0. The molecule has 138 valence electrons. The van der Waals surface area contributed by atoms with Gasteiger partial charge in [0, 0.05) is 30.5 Å². The van der Waals surface area contributed by atoms with E-state index in [0.29, 0.717) is 17.7 Å². The third-order valence-electron chi connectivity index (χ3n) is 4.42. The van der Waals surface area contributed by atoms with Gasteiger partial charge in [0.1, 0.15) is 0 Å². The molecule has 1 aliphatic carbocycles. The Morgan fingerprint density at radius 2 is 1.81 bits per heavy atom. The molecule has 1 saturated carbocycles. The number of anilines is 4. The Labute approximate surface area is 154 Å². The van der Waals surface area contributed by atoms with Crippen LogP contribution in [0.4, 0.5) is 27.8 Å². The van der Waals surface area contributed by atoms with Crippen LogP contribution in [0.5, 0.6) is 0 Å². The second-order valence-corrected chi connectivity index (χ2v) is 6.47. The number of carbonyl (C=O) groups excluding carboxylic acids is 1. The molecule has 1 heterocycles. The van der Waals surface area contributed by atoms with Crippen LogP contribution < -0.4 is 20.9 Å². The number of urea groups is 1. The van der Waals surface area contributed by atoms with Gasteiger partial charge in [0.2, 0.25) is 0 Å². The first-order chi connectivity index (χ1) is 12.6. The smallest absolute Gasteiger partial charge is 0.320 e. The molecule has 7 nitrogen and oxygen atoms in total. The van der Waals surface area contributed by atoms with Crippen molar-refractivity contribution in [2.45, 2.75) is 39.7 Å². The molecule has 2 amide bonds. The highest BCUT2D eigenvalue weighted by atomic mass is 16.2. The molecule has 0 aliphatic heterocycles. The number of rotatable bonds is 7. The van der Waals surface area contributed by atoms with Crippen molar-refractivity contribution in [1.29, 1.82) is 0 Å². The van der Waals surface area contributed by atoms with Crippen molar-refractivity contribution in [3.8, 4) is 0 Å². The summed E-state index contributed by atoms with van der Waals surface area (Å²) in [5.41, 5.74) is 3.34. The summed E-state index contributed by atoms with van der Waals surface area (Å²) in [6.45, 7) is 8.34. The Balaban J connectivity index is 1.62. The van der Waals surface area contributed by atoms with E-state index in [1.54, 1.807) is 12.1 Å². The molecular formula is C19H26N6O. The number of carbonyl (C=O) groups is 1. The number of hydrogen-bond donors (Lipinski definition) is 3. The molecule has 3 N–H and O–H groups in total. The second-order valence-electron chi connectivity index (χ2n) is 6.47. The third-order valence-corrected chi connectivity index (χ3v) is 4.42. The summed E-state index contributed by atoms with van der Waals surface area (Å²) in [4.78, 5) is 14.0. The SMILES string of the molecule is CCN(CC)c1ccc(Nc2ccc(NC(=O)NC3CC3)nn2)c(C)c1. The van der Waals surface area contributed by atoms with Gasteiger partial charge >= 0.3 is 6.03 Å². The summed E-state index contributed by atoms with van der Waals surface area (Å²) in [7, 11) is 0. The van der Waals surface area contributed by atoms with E-state index in [4.69, 9.17) is 0 Å². The summed E-state index contributed by atoms with van der Waals surface area (Å²) >= 11 is 0. The zero-order valence-corrected chi connectivity index (χ0v) is 15.5. The van der Waals surface area contributed by atoms with Crippen LogP contribution in [0.3, 0.4) is 0 Å². The molecule has 26 heavy (non-hydrogen) atoms. The van der Waals surface area contributed by atoms with Crippen molar-refractivity contribution in [1.82, 2.24) is 15.5 Å². The van der Waals surface area contributed by atoms with Gasteiger partial charge in [0.25, 0.3) is 0 Å². The molecule has 7 heteroatoms. The predicted molar refractivity (Wildman–Crippen MR) is 105 cm³/mol. The van der Waals surface area contributed by atoms with Crippen molar-refractivity contribution in [2.24, 2.45) is 0 Å². The van der Waals surface area contributed by atoms with E-state index in [1.807, 2.05) is 0 Å². The van der Waals surface area contributed by atoms with Gasteiger partial charge in [-0.1, -0.05) is 0 Å². The number of aryl methyl sites for hydroxylation is 1. The standard InChI is InChI=1S/C19H26N6O/c1-4-25(5-2)15-8-9-16(13(3)12-15)21-17-10-11-18(24-23-17)22-19(26)20-14-6-7-14/h8-12,14H,4-7H2,1-3H3,(H,21,23)(H2,20,22,24,26). The molecule has 0 saturated heterocycles. The summed E-state index contributed by atoms with van der Waals surface area (Å²) in [6.07, 6.45) is 2.10. The molecular weight excluding hydrogens is 328 g/mol. The fraction of sp³-hybridized carbons (Fsp3) is 0.421. The van der Waals surface area contributed by atoms with Crippen molar-refractivity contribution in [3.63, 3.8) is 0 Å². The maximum absolute atomic E-state index is 11.7. The van der Waals surface area contributed by atoms with Gasteiger partial charge in [-0.25, -0.2) is 4.79 Å². The number of aromatic nitrogens is 2. The van der Waals surface area contributed by atoms with Crippen molar-refractivity contribution < 1.29 is 4.79 Å². The highest BCUT2D eigenvalue weighted by molar-refractivity contribution is 5.88. The summed E-state index contributed by atoms with van der Waals surface area (Å²) in [5.74, 6) is 1.07. The van der Waals surface area contributed by atoms with Gasteiger partial charge in [-0.2, -0.15) is 0 Å². The number of benzene rings is 1. The van der Waals surface area contributed by atoms with E-state index in [0.717, 1.165) is 37.2 Å². The summed E-state index contributed by atoms with van der Waals surface area (Å²) in [6, 6.07) is 9.95. The quantitative estimate of drug-likeness (QED) is 0.707. The lowest BCUT2D eigenvalue weighted by Gasteiger charge is -2.22. The zero-order chi connectivity index (χ0) is 18.5. The number of hydrogen-bond acceptors (Lipinski definition) is 5. The van der Waals surface area contributed by atoms with E-state index in [1.165, 1.54) is 5.69 Å². The van der Waals surface area contributed by atoms with Crippen LogP contribution in [-0.2, 0) is 0 Å². The Kier molecular flexibility index (Phi) is 5.55. The van der Waals surface area contributed by atoms with Gasteiger partial charge in [0.15, 0.2) is 11.6 Å². The van der Waals surface area contributed by atoms with E-state index in [9.17, 15) is 4.79 Å². The Morgan fingerprint density at radius 1 is 1.12 bits per heavy atom. The molecule has 0 spiro atoms. The van der Waals surface area contributed by atoms with Crippen LogP contribution in [-0.4, -0.2) is 35.4 Å². The molecule has 1 aromatic carbocycles. The van der Waals surface area contributed by atoms with E-state index in [2.05, 4.69) is 70.0 Å². The van der Waals surface area contributed by atoms with E-state index in [-0.39, 0.29) is 6.03 Å². The van der Waals surface area contributed by atoms with Crippen molar-refractivity contribution >= 4 is 29.0 Å². The average Bonchev–Trinajstić information content (AvgIpc) is 3.44. The first-order valence-corrected chi connectivity index (χ1v) is 9.13. The largest absolute Gasteiger partial charge is 0.372 e. The van der Waals surface area contributed by atoms with Crippen molar-refractivity contribution in [3.05, 3.63) is 35.9 Å². The molecule has 0 bridgehead atoms. The minimum absolute atomic E-state index is 0.231. The highest BCUT2D eigenvalue weighted by Gasteiger charge is 2.23. The minimum Gasteiger partial charge on any atom is -0.372 e. The second kappa shape index (κ2) is 8.03. The van der Waals surface area contributed by atoms with Crippen LogP contribution >= 0.6 is 0 Å². The average molecular weight is 354 g/mol. The van der Waals surface area contributed by atoms with Crippen LogP contribution in [0.2, 0.25) is 0 Å². The van der Waals surface area contributed by atoms with E-state index >= 15 is 0 Å². The minimum atomic E-state index is -0.231. The first-order valence-electron chi connectivity index (χ1n) is 9.13. The zero-order valence-electron chi connectivity index (χ0n) is 15.5. The van der Waals surface area contributed by atoms with Crippen LogP contribution in [0.1, 0.15) is 32.3 Å². The topological polar surface area (TPSA) is 82.2 Å². The van der Waals surface area contributed by atoms with E-state index < -0.39 is 0 Å². The van der Waals surface area contributed by atoms with Crippen LogP contribution in [0, 0.1) is 6.92 Å².